The molecule has 0 radical (unpaired) electrons. The first-order valence-corrected chi connectivity index (χ1v) is 7.61. The van der Waals surface area contributed by atoms with Crippen LogP contribution in [0.4, 0.5) is 10.8 Å². The summed E-state index contributed by atoms with van der Waals surface area (Å²) in [6.45, 7) is 5.53. The SMILES string of the molecule is CC(C)CNC(=O)CCNc1snc(N)c1C1CC1. The molecule has 1 aromatic rings. The van der Waals surface area contributed by atoms with E-state index in [1.165, 1.54) is 24.4 Å². The predicted octanol–water partition coefficient (Wildman–Crippen LogP) is 2.18. The zero-order chi connectivity index (χ0) is 13.8. The van der Waals surface area contributed by atoms with Crippen molar-refractivity contribution in [3.8, 4) is 0 Å². The number of carbonyl (C=O) groups excluding carboxylic acids is 1. The number of rotatable bonds is 7. The number of nitrogens with two attached hydrogens (primary N) is 1. The van der Waals surface area contributed by atoms with Gasteiger partial charge in [0.15, 0.2) is 0 Å². The summed E-state index contributed by atoms with van der Waals surface area (Å²) in [6.07, 6.45) is 2.88. The molecule has 0 unspecified atom stereocenters. The second kappa shape index (κ2) is 6.23. The van der Waals surface area contributed by atoms with Gasteiger partial charge in [-0.2, -0.15) is 4.37 Å². The quantitative estimate of drug-likeness (QED) is 0.716. The van der Waals surface area contributed by atoms with Gasteiger partial charge in [0.25, 0.3) is 0 Å². The molecule has 106 valence electrons. The standard InChI is InChI=1S/C13H22N4OS/c1-8(2)7-16-10(18)5-6-15-13-11(9-3-4-9)12(14)17-19-13/h8-9,15H,3-7H2,1-2H3,(H2,14,17)(H,16,18). The van der Waals surface area contributed by atoms with Crippen LogP contribution < -0.4 is 16.4 Å². The van der Waals surface area contributed by atoms with E-state index in [9.17, 15) is 4.79 Å². The largest absolute Gasteiger partial charge is 0.383 e. The molecule has 1 fully saturated rings. The number of hydrogen-bond donors (Lipinski definition) is 3. The van der Waals surface area contributed by atoms with Crippen LogP contribution in [0.15, 0.2) is 0 Å². The van der Waals surface area contributed by atoms with Crippen molar-refractivity contribution >= 4 is 28.3 Å². The van der Waals surface area contributed by atoms with Crippen molar-refractivity contribution in [3.05, 3.63) is 5.56 Å². The van der Waals surface area contributed by atoms with E-state index >= 15 is 0 Å². The molecule has 0 bridgehead atoms. The Morgan fingerprint density at radius 3 is 2.89 bits per heavy atom. The number of carbonyl (C=O) groups is 1. The highest BCUT2D eigenvalue weighted by Crippen LogP contribution is 2.47. The number of anilines is 2. The molecule has 19 heavy (non-hydrogen) atoms. The molecule has 0 aromatic carbocycles. The Bertz CT molecular complexity index is 440. The highest BCUT2D eigenvalue weighted by atomic mass is 32.1. The molecule has 2 rings (SSSR count). The van der Waals surface area contributed by atoms with Gasteiger partial charge in [0.05, 0.1) is 0 Å². The van der Waals surface area contributed by atoms with E-state index in [0.717, 1.165) is 17.1 Å². The summed E-state index contributed by atoms with van der Waals surface area (Å²) in [5.74, 6) is 1.81. The van der Waals surface area contributed by atoms with Gasteiger partial charge in [-0.25, -0.2) is 0 Å². The molecule has 6 heteroatoms. The third-order valence-corrected chi connectivity index (χ3v) is 3.92. The van der Waals surface area contributed by atoms with Gasteiger partial charge in [0.2, 0.25) is 5.91 Å². The second-order valence-electron chi connectivity index (χ2n) is 5.46. The van der Waals surface area contributed by atoms with Crippen molar-refractivity contribution in [1.29, 1.82) is 0 Å². The van der Waals surface area contributed by atoms with E-state index in [1.54, 1.807) is 0 Å². The van der Waals surface area contributed by atoms with Crippen LogP contribution >= 0.6 is 11.5 Å². The van der Waals surface area contributed by atoms with Gasteiger partial charge < -0.3 is 16.4 Å². The number of nitrogens with one attached hydrogen (secondary N) is 2. The summed E-state index contributed by atoms with van der Waals surface area (Å²) in [5, 5.41) is 7.24. The van der Waals surface area contributed by atoms with Crippen LogP contribution in [-0.4, -0.2) is 23.4 Å². The number of amides is 1. The Labute approximate surface area is 118 Å². The average Bonchev–Trinajstić information content (AvgIpc) is 3.12. The first kappa shape index (κ1) is 14.1. The van der Waals surface area contributed by atoms with Crippen molar-refractivity contribution in [2.45, 2.75) is 39.0 Å². The van der Waals surface area contributed by atoms with Crippen molar-refractivity contribution in [2.75, 3.05) is 24.1 Å². The molecule has 5 nitrogen and oxygen atoms in total. The minimum atomic E-state index is 0.0895. The molecule has 0 aliphatic heterocycles. The van der Waals surface area contributed by atoms with Gasteiger partial charge in [0, 0.05) is 25.1 Å². The minimum Gasteiger partial charge on any atom is -0.383 e. The molecule has 1 amide bonds. The zero-order valence-corrected chi connectivity index (χ0v) is 12.3. The zero-order valence-electron chi connectivity index (χ0n) is 11.5. The van der Waals surface area contributed by atoms with Crippen LogP contribution in [0, 0.1) is 5.92 Å². The van der Waals surface area contributed by atoms with Crippen LogP contribution in [0.5, 0.6) is 0 Å². The average molecular weight is 282 g/mol. The fourth-order valence-corrected chi connectivity index (χ4v) is 2.72. The van der Waals surface area contributed by atoms with E-state index in [1.807, 2.05) is 0 Å². The van der Waals surface area contributed by atoms with Crippen LogP contribution in [0.25, 0.3) is 0 Å². The number of nitrogens with zero attached hydrogens (tertiary/aromatic N) is 1. The number of aromatic nitrogens is 1. The molecule has 1 aromatic heterocycles. The summed E-state index contributed by atoms with van der Waals surface area (Å²) < 4.78 is 4.19. The Hall–Kier alpha value is -1.30. The van der Waals surface area contributed by atoms with E-state index < -0.39 is 0 Å². The maximum absolute atomic E-state index is 11.6. The molecule has 1 aliphatic carbocycles. The third-order valence-electron chi connectivity index (χ3n) is 3.09. The van der Waals surface area contributed by atoms with Crippen LogP contribution in [0.1, 0.15) is 44.6 Å². The second-order valence-corrected chi connectivity index (χ2v) is 6.23. The van der Waals surface area contributed by atoms with Gasteiger partial charge in [-0.1, -0.05) is 13.8 Å². The van der Waals surface area contributed by atoms with Crippen molar-refractivity contribution < 1.29 is 4.79 Å². The lowest BCUT2D eigenvalue weighted by molar-refractivity contribution is -0.120. The molecule has 0 atom stereocenters. The Kier molecular flexibility index (Phi) is 4.63. The van der Waals surface area contributed by atoms with Crippen LogP contribution in [-0.2, 0) is 4.79 Å². The van der Waals surface area contributed by atoms with Gasteiger partial charge >= 0.3 is 0 Å². The van der Waals surface area contributed by atoms with E-state index in [0.29, 0.717) is 30.6 Å². The fourth-order valence-electron chi connectivity index (χ4n) is 1.90. The Morgan fingerprint density at radius 2 is 2.26 bits per heavy atom. The topological polar surface area (TPSA) is 80.0 Å². The molecule has 0 saturated heterocycles. The molecule has 4 N–H and O–H groups in total. The van der Waals surface area contributed by atoms with Gasteiger partial charge in [0.1, 0.15) is 10.8 Å². The molecule has 0 spiro atoms. The first-order chi connectivity index (χ1) is 9.08. The molecular formula is C13H22N4OS. The lowest BCUT2D eigenvalue weighted by atomic mass is 10.2. The maximum Gasteiger partial charge on any atom is 0.221 e. The van der Waals surface area contributed by atoms with Gasteiger partial charge in [-0.15, -0.1) is 0 Å². The highest BCUT2D eigenvalue weighted by molar-refractivity contribution is 7.10. The monoisotopic (exact) mass is 282 g/mol. The van der Waals surface area contributed by atoms with Crippen molar-refractivity contribution in [1.82, 2.24) is 9.69 Å². The molecular weight excluding hydrogens is 260 g/mol. The van der Waals surface area contributed by atoms with E-state index in [-0.39, 0.29) is 5.91 Å². The molecule has 1 saturated carbocycles. The summed E-state index contributed by atoms with van der Waals surface area (Å²) in [5.41, 5.74) is 7.03. The maximum atomic E-state index is 11.6. The van der Waals surface area contributed by atoms with Gasteiger partial charge in [-0.3, -0.25) is 4.79 Å². The van der Waals surface area contributed by atoms with E-state index in [2.05, 4.69) is 28.9 Å². The highest BCUT2D eigenvalue weighted by Gasteiger charge is 2.30. The normalized spacial score (nSPS) is 14.7. The third kappa shape index (κ3) is 4.09. The molecule has 1 heterocycles. The smallest absolute Gasteiger partial charge is 0.221 e. The Balaban J connectivity index is 1.75. The van der Waals surface area contributed by atoms with E-state index in [4.69, 9.17) is 5.73 Å². The summed E-state index contributed by atoms with van der Waals surface area (Å²) in [7, 11) is 0. The number of hydrogen-bond acceptors (Lipinski definition) is 5. The summed E-state index contributed by atoms with van der Waals surface area (Å²) >= 11 is 1.40. The lowest BCUT2D eigenvalue weighted by Crippen LogP contribution is -2.28. The molecule has 1 aliphatic rings. The fraction of sp³-hybridized carbons (Fsp3) is 0.692. The Morgan fingerprint density at radius 1 is 1.53 bits per heavy atom. The van der Waals surface area contributed by atoms with Gasteiger partial charge in [-0.05, 0) is 36.2 Å². The minimum absolute atomic E-state index is 0.0895. The summed E-state index contributed by atoms with van der Waals surface area (Å²) in [6, 6.07) is 0. The first-order valence-electron chi connectivity index (χ1n) is 6.83. The van der Waals surface area contributed by atoms with Crippen LogP contribution in [0.3, 0.4) is 0 Å². The number of nitrogen functional groups attached to an aromatic ring is 1. The predicted molar refractivity (Wildman–Crippen MR) is 79.5 cm³/mol. The summed E-state index contributed by atoms with van der Waals surface area (Å²) in [4.78, 5) is 11.6. The lowest BCUT2D eigenvalue weighted by Gasteiger charge is -2.09. The van der Waals surface area contributed by atoms with Crippen molar-refractivity contribution in [3.63, 3.8) is 0 Å². The van der Waals surface area contributed by atoms with Crippen LogP contribution in [0.2, 0.25) is 0 Å². The van der Waals surface area contributed by atoms with Crippen molar-refractivity contribution in [2.24, 2.45) is 5.92 Å².